The van der Waals surface area contributed by atoms with Crippen molar-refractivity contribution in [2.24, 2.45) is 0 Å². The van der Waals surface area contributed by atoms with Crippen molar-refractivity contribution in [2.45, 2.75) is 31.3 Å². The van der Waals surface area contributed by atoms with E-state index in [2.05, 4.69) is 16.8 Å². The van der Waals surface area contributed by atoms with Crippen LogP contribution in [0.2, 0.25) is 10.0 Å². The van der Waals surface area contributed by atoms with Crippen LogP contribution in [0.1, 0.15) is 29.6 Å². The zero-order valence-electron chi connectivity index (χ0n) is 12.2. The van der Waals surface area contributed by atoms with Crippen molar-refractivity contribution in [3.63, 3.8) is 0 Å². The van der Waals surface area contributed by atoms with Crippen LogP contribution in [0, 0.1) is 0 Å². The minimum absolute atomic E-state index is 0.119. The van der Waals surface area contributed by atoms with Gasteiger partial charge in [-0.1, -0.05) is 23.2 Å². The van der Waals surface area contributed by atoms with Gasteiger partial charge in [-0.3, -0.25) is 14.6 Å². The fraction of sp³-hybridized carbons (Fsp3) is 0.562. The Morgan fingerprint density at radius 2 is 1.95 bits per heavy atom. The van der Waals surface area contributed by atoms with Gasteiger partial charge in [0.1, 0.15) is 0 Å². The number of likely N-dealkylation sites (N-methyl/N-ethyl adjacent to an activating group) is 1. The number of Topliss-reactive ketones (excluding diaryl/α,β-unsaturated/α-hetero) is 1. The first-order chi connectivity index (χ1) is 10.0. The molecule has 1 aromatic carbocycles. The van der Waals surface area contributed by atoms with E-state index in [9.17, 15) is 4.79 Å². The Morgan fingerprint density at radius 3 is 2.71 bits per heavy atom. The predicted octanol–water partition coefficient (Wildman–Crippen LogP) is 3.34. The van der Waals surface area contributed by atoms with E-state index in [-0.39, 0.29) is 5.78 Å². The largest absolute Gasteiger partial charge is 0.299 e. The average molecular weight is 327 g/mol. The van der Waals surface area contributed by atoms with E-state index in [1.807, 2.05) is 0 Å². The summed E-state index contributed by atoms with van der Waals surface area (Å²) >= 11 is 11.9. The predicted molar refractivity (Wildman–Crippen MR) is 86.4 cm³/mol. The van der Waals surface area contributed by atoms with E-state index < -0.39 is 0 Å². The first-order valence-corrected chi connectivity index (χ1v) is 8.22. The number of fused-ring (bicyclic) bond motifs is 2. The number of ketones is 1. The molecular weight excluding hydrogens is 307 g/mol. The number of carbonyl (C=O) groups is 1. The van der Waals surface area contributed by atoms with Crippen LogP contribution in [0.3, 0.4) is 0 Å². The molecule has 1 aromatic rings. The van der Waals surface area contributed by atoms with Crippen LogP contribution in [0.4, 0.5) is 0 Å². The van der Waals surface area contributed by atoms with Gasteiger partial charge in [0, 0.05) is 30.7 Å². The van der Waals surface area contributed by atoms with Crippen LogP contribution >= 0.6 is 23.2 Å². The molecular formula is C16H20Cl2N2O. The fourth-order valence-corrected chi connectivity index (χ4v) is 3.78. The van der Waals surface area contributed by atoms with Crippen molar-refractivity contribution in [3.8, 4) is 0 Å². The Morgan fingerprint density at radius 1 is 1.19 bits per heavy atom. The maximum absolute atomic E-state index is 12.4. The molecule has 0 radical (unpaired) electrons. The van der Waals surface area contributed by atoms with Gasteiger partial charge in [0.2, 0.25) is 0 Å². The van der Waals surface area contributed by atoms with Crippen molar-refractivity contribution in [1.29, 1.82) is 0 Å². The summed E-state index contributed by atoms with van der Waals surface area (Å²) in [5.41, 5.74) is 0.646. The highest BCUT2D eigenvalue weighted by Gasteiger charge is 2.34. The molecule has 2 unspecified atom stereocenters. The molecule has 0 spiro atoms. The minimum atomic E-state index is 0.119. The van der Waals surface area contributed by atoms with Crippen LogP contribution in [-0.4, -0.2) is 54.3 Å². The molecule has 2 aliphatic rings. The summed E-state index contributed by atoms with van der Waals surface area (Å²) in [5.74, 6) is 0.119. The SMILES string of the molecule is CN1C2CCC1CN(CC(=O)c1ccc(Cl)c(Cl)c1)CC2. The molecule has 114 valence electrons. The minimum Gasteiger partial charge on any atom is -0.299 e. The Balaban J connectivity index is 1.66. The quantitative estimate of drug-likeness (QED) is 0.796. The van der Waals surface area contributed by atoms with Crippen molar-refractivity contribution >= 4 is 29.0 Å². The number of carbonyl (C=O) groups excluding carboxylic acids is 1. The fourth-order valence-electron chi connectivity index (χ4n) is 3.49. The van der Waals surface area contributed by atoms with E-state index in [1.165, 1.54) is 12.8 Å². The highest BCUT2D eigenvalue weighted by atomic mass is 35.5. The second kappa shape index (κ2) is 6.25. The Hall–Kier alpha value is -0.610. The van der Waals surface area contributed by atoms with E-state index >= 15 is 0 Å². The third-order valence-corrected chi connectivity index (χ3v) is 5.58. The molecule has 2 atom stereocenters. The van der Waals surface area contributed by atoms with Crippen molar-refractivity contribution in [1.82, 2.24) is 9.80 Å². The first kappa shape index (κ1) is 15.3. The molecule has 2 aliphatic heterocycles. The van der Waals surface area contributed by atoms with E-state index in [4.69, 9.17) is 23.2 Å². The highest BCUT2D eigenvalue weighted by molar-refractivity contribution is 6.42. The molecule has 0 aliphatic carbocycles. The molecule has 3 nitrogen and oxygen atoms in total. The third-order valence-electron chi connectivity index (χ3n) is 4.84. The molecule has 2 bridgehead atoms. The van der Waals surface area contributed by atoms with E-state index in [0.29, 0.717) is 34.2 Å². The van der Waals surface area contributed by atoms with E-state index in [0.717, 1.165) is 19.5 Å². The molecule has 0 amide bonds. The second-order valence-corrected chi connectivity index (χ2v) is 6.94. The zero-order valence-corrected chi connectivity index (χ0v) is 13.7. The van der Waals surface area contributed by atoms with Gasteiger partial charge < -0.3 is 0 Å². The average Bonchev–Trinajstić information content (AvgIpc) is 2.70. The number of benzene rings is 1. The van der Waals surface area contributed by atoms with Gasteiger partial charge in [-0.25, -0.2) is 0 Å². The highest BCUT2D eigenvalue weighted by Crippen LogP contribution is 2.28. The third kappa shape index (κ3) is 3.26. The second-order valence-electron chi connectivity index (χ2n) is 6.13. The Bertz CT molecular complexity index is 549. The molecule has 3 rings (SSSR count). The summed E-state index contributed by atoms with van der Waals surface area (Å²) in [5, 5.41) is 0.930. The van der Waals surface area contributed by atoms with Crippen LogP contribution in [0.15, 0.2) is 18.2 Å². The van der Waals surface area contributed by atoms with Gasteiger partial charge in [-0.05, 0) is 44.5 Å². The molecule has 0 N–H and O–H groups in total. The number of hydrogen-bond acceptors (Lipinski definition) is 3. The molecule has 2 fully saturated rings. The standard InChI is InChI=1S/C16H20Cl2N2O/c1-19-12-3-4-13(19)9-20(7-6-12)10-16(21)11-2-5-14(17)15(18)8-11/h2,5,8,12-13H,3-4,6-7,9-10H2,1H3. The summed E-state index contributed by atoms with van der Waals surface area (Å²) in [6.07, 6.45) is 3.70. The number of rotatable bonds is 3. The van der Waals surface area contributed by atoms with Crippen LogP contribution in [0.5, 0.6) is 0 Å². The summed E-state index contributed by atoms with van der Waals surface area (Å²) in [7, 11) is 2.21. The molecule has 5 heteroatoms. The lowest BCUT2D eigenvalue weighted by Crippen LogP contribution is -2.38. The van der Waals surface area contributed by atoms with Gasteiger partial charge in [0.25, 0.3) is 0 Å². The van der Waals surface area contributed by atoms with Crippen molar-refractivity contribution < 1.29 is 4.79 Å². The van der Waals surface area contributed by atoms with Crippen LogP contribution in [-0.2, 0) is 0 Å². The van der Waals surface area contributed by atoms with E-state index in [1.54, 1.807) is 18.2 Å². The van der Waals surface area contributed by atoms with Gasteiger partial charge in [0.15, 0.2) is 5.78 Å². The topological polar surface area (TPSA) is 23.6 Å². The number of likely N-dealkylation sites (tertiary alicyclic amines) is 1. The summed E-state index contributed by atoms with van der Waals surface area (Å²) in [6.45, 7) is 2.45. The smallest absolute Gasteiger partial charge is 0.176 e. The first-order valence-electron chi connectivity index (χ1n) is 7.47. The number of hydrogen-bond donors (Lipinski definition) is 0. The molecule has 0 saturated carbocycles. The lowest BCUT2D eigenvalue weighted by Gasteiger charge is -2.25. The summed E-state index contributed by atoms with van der Waals surface area (Å²) in [6, 6.07) is 6.41. The maximum atomic E-state index is 12.4. The summed E-state index contributed by atoms with van der Waals surface area (Å²) in [4.78, 5) is 17.2. The lowest BCUT2D eigenvalue weighted by molar-refractivity contribution is 0.0923. The maximum Gasteiger partial charge on any atom is 0.176 e. The Labute approximate surface area is 135 Å². The van der Waals surface area contributed by atoms with Crippen molar-refractivity contribution in [3.05, 3.63) is 33.8 Å². The zero-order chi connectivity index (χ0) is 15.0. The van der Waals surface area contributed by atoms with Crippen molar-refractivity contribution in [2.75, 3.05) is 26.7 Å². The molecule has 0 aromatic heterocycles. The number of halogens is 2. The summed E-state index contributed by atoms with van der Waals surface area (Å²) < 4.78 is 0. The van der Waals surface area contributed by atoms with Gasteiger partial charge in [0.05, 0.1) is 16.6 Å². The monoisotopic (exact) mass is 326 g/mol. The van der Waals surface area contributed by atoms with Crippen LogP contribution < -0.4 is 0 Å². The lowest BCUT2D eigenvalue weighted by atomic mass is 10.1. The van der Waals surface area contributed by atoms with Gasteiger partial charge >= 0.3 is 0 Å². The molecule has 2 saturated heterocycles. The Kier molecular flexibility index (Phi) is 4.55. The normalized spacial score (nSPS) is 26.8. The van der Waals surface area contributed by atoms with Gasteiger partial charge in [-0.2, -0.15) is 0 Å². The molecule has 21 heavy (non-hydrogen) atoms. The molecule has 2 heterocycles. The van der Waals surface area contributed by atoms with Crippen LogP contribution in [0.25, 0.3) is 0 Å². The van der Waals surface area contributed by atoms with Gasteiger partial charge in [-0.15, -0.1) is 0 Å². The number of nitrogens with zero attached hydrogens (tertiary/aromatic N) is 2.